The van der Waals surface area contributed by atoms with Crippen molar-refractivity contribution in [2.75, 3.05) is 22.4 Å². The zero-order chi connectivity index (χ0) is 19.4. The molecule has 0 aromatic heterocycles. The normalized spacial score (nSPS) is 11.8. The molecule has 0 fully saturated rings. The van der Waals surface area contributed by atoms with Crippen molar-refractivity contribution in [2.24, 2.45) is 0 Å². The van der Waals surface area contributed by atoms with Crippen molar-refractivity contribution in [2.45, 2.75) is 12.6 Å². The van der Waals surface area contributed by atoms with Crippen LogP contribution < -0.4 is 9.62 Å². The molecule has 2 aromatic carbocycles. The molecule has 9 heteroatoms. The van der Waals surface area contributed by atoms with Crippen LogP contribution in [-0.2, 0) is 21.0 Å². The topological polar surface area (TPSA) is 66.5 Å². The Bertz CT molecular complexity index is 868. The van der Waals surface area contributed by atoms with Gasteiger partial charge in [-0.3, -0.25) is 9.10 Å². The predicted molar refractivity (Wildman–Crippen MR) is 93.3 cm³/mol. The lowest BCUT2D eigenvalue weighted by atomic mass is 10.2. The SMILES string of the molecule is CS(=O)(=O)N(CCC(=O)Nc1cccc(C(F)(F)F)c1)c1ccccc1. The maximum Gasteiger partial charge on any atom is 0.416 e. The number of hydrogen-bond acceptors (Lipinski definition) is 3. The fourth-order valence-electron chi connectivity index (χ4n) is 2.28. The number of halogens is 3. The van der Waals surface area contributed by atoms with Gasteiger partial charge in [0.15, 0.2) is 0 Å². The molecule has 0 aliphatic carbocycles. The van der Waals surface area contributed by atoms with Crippen molar-refractivity contribution in [1.82, 2.24) is 0 Å². The number of alkyl halides is 3. The van der Waals surface area contributed by atoms with Gasteiger partial charge in [-0.15, -0.1) is 0 Å². The Hall–Kier alpha value is -2.55. The van der Waals surface area contributed by atoms with Crippen LogP contribution in [0, 0.1) is 0 Å². The third-order valence-corrected chi connectivity index (χ3v) is 4.65. The van der Waals surface area contributed by atoms with Crippen LogP contribution in [0.5, 0.6) is 0 Å². The number of benzene rings is 2. The quantitative estimate of drug-likeness (QED) is 0.826. The molecule has 0 spiro atoms. The minimum absolute atomic E-state index is 0.00422. The number of hydrogen-bond donors (Lipinski definition) is 1. The van der Waals surface area contributed by atoms with Crippen LogP contribution in [0.3, 0.4) is 0 Å². The molecule has 140 valence electrons. The van der Waals surface area contributed by atoms with E-state index < -0.39 is 27.7 Å². The van der Waals surface area contributed by atoms with Crippen molar-refractivity contribution < 1.29 is 26.4 Å². The molecule has 0 radical (unpaired) electrons. The first kappa shape index (κ1) is 19.8. The van der Waals surface area contributed by atoms with Gasteiger partial charge in [0.2, 0.25) is 15.9 Å². The molecule has 0 saturated heterocycles. The number of rotatable bonds is 6. The Morgan fingerprint density at radius 1 is 1.08 bits per heavy atom. The van der Waals surface area contributed by atoms with E-state index in [0.717, 1.165) is 22.7 Å². The van der Waals surface area contributed by atoms with Crippen LogP contribution in [-0.4, -0.2) is 27.1 Å². The van der Waals surface area contributed by atoms with Gasteiger partial charge in [0, 0.05) is 18.7 Å². The second-order valence-electron chi connectivity index (χ2n) is 5.55. The van der Waals surface area contributed by atoms with Crippen LogP contribution in [0.1, 0.15) is 12.0 Å². The van der Waals surface area contributed by atoms with E-state index in [9.17, 15) is 26.4 Å². The molecule has 0 bridgehead atoms. The first-order chi connectivity index (χ1) is 12.1. The number of anilines is 2. The smallest absolute Gasteiger partial charge is 0.326 e. The summed E-state index contributed by atoms with van der Waals surface area (Å²) in [6, 6.07) is 12.5. The fraction of sp³-hybridized carbons (Fsp3) is 0.235. The molecular formula is C17H17F3N2O3S. The van der Waals surface area contributed by atoms with Gasteiger partial charge in [-0.05, 0) is 30.3 Å². The summed E-state index contributed by atoms with van der Waals surface area (Å²) >= 11 is 0. The number of para-hydroxylation sites is 1. The summed E-state index contributed by atoms with van der Waals surface area (Å²) in [7, 11) is -3.61. The molecule has 0 saturated carbocycles. The minimum atomic E-state index is -4.51. The standard InChI is InChI=1S/C17H17F3N2O3S/c1-26(24,25)22(15-8-3-2-4-9-15)11-10-16(23)21-14-7-5-6-13(12-14)17(18,19)20/h2-9,12H,10-11H2,1H3,(H,21,23). The number of amides is 1. The van der Waals surface area contributed by atoms with Crippen molar-refractivity contribution in [1.29, 1.82) is 0 Å². The largest absolute Gasteiger partial charge is 0.416 e. The highest BCUT2D eigenvalue weighted by Gasteiger charge is 2.30. The van der Waals surface area contributed by atoms with E-state index >= 15 is 0 Å². The van der Waals surface area contributed by atoms with Gasteiger partial charge in [-0.2, -0.15) is 13.2 Å². The Labute approximate surface area is 149 Å². The summed E-state index contributed by atoms with van der Waals surface area (Å²) < 4.78 is 63.0. The summed E-state index contributed by atoms with van der Waals surface area (Å²) in [5.74, 6) is -0.589. The highest BCUT2D eigenvalue weighted by molar-refractivity contribution is 7.92. The van der Waals surface area contributed by atoms with Gasteiger partial charge in [0.05, 0.1) is 17.5 Å². The molecule has 26 heavy (non-hydrogen) atoms. The summed E-state index contributed by atoms with van der Waals surface area (Å²) in [6.07, 6.45) is -3.70. The van der Waals surface area contributed by atoms with Gasteiger partial charge in [-0.25, -0.2) is 8.42 Å². The van der Waals surface area contributed by atoms with Crippen molar-refractivity contribution in [3.05, 3.63) is 60.2 Å². The maximum absolute atomic E-state index is 12.7. The van der Waals surface area contributed by atoms with Crippen LogP contribution in [0.25, 0.3) is 0 Å². The van der Waals surface area contributed by atoms with Crippen molar-refractivity contribution >= 4 is 27.3 Å². The number of sulfonamides is 1. The van der Waals surface area contributed by atoms with Crippen LogP contribution in [0.4, 0.5) is 24.5 Å². The Balaban J connectivity index is 2.05. The predicted octanol–water partition coefficient (Wildman–Crippen LogP) is 3.50. The van der Waals surface area contributed by atoms with Crippen LogP contribution in [0.15, 0.2) is 54.6 Å². The average Bonchev–Trinajstić information content (AvgIpc) is 2.54. The van der Waals surface area contributed by atoms with Gasteiger partial charge in [0.25, 0.3) is 0 Å². The zero-order valence-electron chi connectivity index (χ0n) is 13.8. The molecule has 1 amide bonds. The summed E-state index contributed by atoms with van der Waals surface area (Å²) in [5, 5.41) is 2.35. The minimum Gasteiger partial charge on any atom is -0.326 e. The van der Waals surface area contributed by atoms with E-state index in [4.69, 9.17) is 0 Å². The van der Waals surface area contributed by atoms with Gasteiger partial charge >= 0.3 is 6.18 Å². The highest BCUT2D eigenvalue weighted by atomic mass is 32.2. The average molecular weight is 386 g/mol. The summed E-state index contributed by atoms with van der Waals surface area (Å²) in [6.45, 7) is -0.131. The van der Waals surface area contributed by atoms with E-state index in [0.29, 0.717) is 5.69 Å². The number of carbonyl (C=O) groups excluding carboxylic acids is 1. The van der Waals surface area contributed by atoms with E-state index in [-0.39, 0.29) is 18.7 Å². The first-order valence-electron chi connectivity index (χ1n) is 7.57. The van der Waals surface area contributed by atoms with E-state index in [1.165, 1.54) is 12.1 Å². The van der Waals surface area contributed by atoms with Gasteiger partial charge in [0.1, 0.15) is 0 Å². The third kappa shape index (κ3) is 5.48. The molecule has 0 heterocycles. The van der Waals surface area contributed by atoms with E-state index in [1.807, 2.05) is 0 Å². The second kappa shape index (κ2) is 7.77. The van der Waals surface area contributed by atoms with Crippen molar-refractivity contribution in [3.8, 4) is 0 Å². The van der Waals surface area contributed by atoms with Crippen molar-refractivity contribution in [3.63, 3.8) is 0 Å². The van der Waals surface area contributed by atoms with Crippen LogP contribution in [0.2, 0.25) is 0 Å². The van der Waals surface area contributed by atoms with Gasteiger partial charge < -0.3 is 5.32 Å². The molecule has 0 aliphatic heterocycles. The molecule has 1 N–H and O–H groups in total. The lowest BCUT2D eigenvalue weighted by Crippen LogP contribution is -2.33. The molecule has 0 aliphatic rings. The molecule has 0 unspecified atom stereocenters. The zero-order valence-corrected chi connectivity index (χ0v) is 14.6. The first-order valence-corrected chi connectivity index (χ1v) is 9.42. The van der Waals surface area contributed by atoms with E-state index in [2.05, 4.69) is 5.32 Å². The molecule has 5 nitrogen and oxygen atoms in total. The maximum atomic E-state index is 12.7. The molecular weight excluding hydrogens is 369 g/mol. The molecule has 2 aromatic rings. The Morgan fingerprint density at radius 3 is 2.31 bits per heavy atom. The number of carbonyl (C=O) groups is 1. The molecule has 0 atom stereocenters. The number of nitrogens with zero attached hydrogens (tertiary/aromatic N) is 1. The lowest BCUT2D eigenvalue weighted by Gasteiger charge is -2.22. The summed E-state index contributed by atoms with van der Waals surface area (Å²) in [4.78, 5) is 12.0. The third-order valence-electron chi connectivity index (χ3n) is 3.46. The lowest BCUT2D eigenvalue weighted by molar-refractivity contribution is -0.137. The molecule has 2 rings (SSSR count). The Kier molecular flexibility index (Phi) is 5.91. The fourth-order valence-corrected chi connectivity index (χ4v) is 3.21. The number of nitrogens with one attached hydrogen (secondary N) is 1. The van der Waals surface area contributed by atoms with E-state index in [1.54, 1.807) is 30.3 Å². The highest BCUT2D eigenvalue weighted by Crippen LogP contribution is 2.30. The van der Waals surface area contributed by atoms with Gasteiger partial charge in [-0.1, -0.05) is 24.3 Å². The second-order valence-corrected chi connectivity index (χ2v) is 7.45. The summed E-state index contributed by atoms with van der Waals surface area (Å²) in [5.41, 5.74) is -0.477. The Morgan fingerprint density at radius 2 is 1.73 bits per heavy atom. The van der Waals surface area contributed by atoms with Crippen LogP contribution >= 0.6 is 0 Å². The monoisotopic (exact) mass is 386 g/mol.